The molecule has 1 aliphatic rings. The Labute approximate surface area is 155 Å². The first kappa shape index (κ1) is 16.8. The molecule has 0 aliphatic heterocycles. The molecule has 1 unspecified atom stereocenters. The molecule has 4 rings (SSSR count). The molecule has 1 aliphatic carbocycles. The van der Waals surface area contributed by atoms with Crippen molar-refractivity contribution in [1.29, 1.82) is 0 Å². The number of hydrogen-bond acceptors (Lipinski definition) is 3. The van der Waals surface area contributed by atoms with Gasteiger partial charge in [-0.15, -0.1) is 5.10 Å². The smallest absolute Gasteiger partial charge is 0.123 e. The monoisotopic (exact) mass is 346 g/mol. The Balaban J connectivity index is 2.11. The van der Waals surface area contributed by atoms with Gasteiger partial charge in [-0.05, 0) is 34.1 Å². The van der Waals surface area contributed by atoms with Crippen LogP contribution in [0.3, 0.4) is 0 Å². The SMILES string of the molecule is CN(C)n1nnc2c1-c1ccccc1C(C(C)(C)C)Cc1ccccc1-2. The van der Waals surface area contributed by atoms with Crippen LogP contribution in [0.2, 0.25) is 0 Å². The summed E-state index contributed by atoms with van der Waals surface area (Å²) in [5.74, 6) is 0.415. The molecular formula is C22H26N4. The number of hydrogen-bond donors (Lipinski definition) is 0. The Morgan fingerprint density at radius 1 is 0.962 bits per heavy atom. The predicted octanol–water partition coefficient (Wildman–Crippen LogP) is 4.50. The molecule has 0 amide bonds. The molecule has 134 valence electrons. The van der Waals surface area contributed by atoms with Crippen LogP contribution >= 0.6 is 0 Å². The van der Waals surface area contributed by atoms with Gasteiger partial charge in [-0.25, -0.2) is 0 Å². The summed E-state index contributed by atoms with van der Waals surface area (Å²) in [5.41, 5.74) is 7.34. The number of rotatable bonds is 1. The highest BCUT2D eigenvalue weighted by atomic mass is 15.7. The molecular weight excluding hydrogens is 320 g/mol. The maximum absolute atomic E-state index is 4.58. The zero-order valence-corrected chi connectivity index (χ0v) is 16.2. The molecule has 0 N–H and O–H groups in total. The van der Waals surface area contributed by atoms with Crippen molar-refractivity contribution in [3.05, 3.63) is 59.7 Å². The quantitative estimate of drug-likeness (QED) is 0.651. The molecule has 0 spiro atoms. The highest BCUT2D eigenvalue weighted by Gasteiger charge is 2.33. The van der Waals surface area contributed by atoms with Crippen LogP contribution in [0.25, 0.3) is 22.5 Å². The molecule has 3 aromatic rings. The van der Waals surface area contributed by atoms with Crippen LogP contribution in [-0.2, 0) is 6.42 Å². The predicted molar refractivity (Wildman–Crippen MR) is 107 cm³/mol. The van der Waals surface area contributed by atoms with Gasteiger partial charge in [-0.1, -0.05) is 69.3 Å². The minimum atomic E-state index is 0.150. The van der Waals surface area contributed by atoms with E-state index in [0.29, 0.717) is 5.92 Å². The zero-order chi connectivity index (χ0) is 18.5. The molecule has 0 bridgehead atoms. The molecule has 0 saturated heterocycles. The summed E-state index contributed by atoms with van der Waals surface area (Å²) < 4.78 is 0. The summed E-state index contributed by atoms with van der Waals surface area (Å²) in [6, 6.07) is 17.4. The van der Waals surface area contributed by atoms with Crippen LogP contribution in [-0.4, -0.2) is 29.2 Å². The van der Waals surface area contributed by atoms with Crippen molar-refractivity contribution in [2.45, 2.75) is 33.1 Å². The first-order valence-corrected chi connectivity index (χ1v) is 9.19. The first-order chi connectivity index (χ1) is 12.4. The molecule has 0 fully saturated rings. The van der Waals surface area contributed by atoms with Crippen molar-refractivity contribution in [1.82, 2.24) is 15.1 Å². The van der Waals surface area contributed by atoms with Crippen molar-refractivity contribution < 1.29 is 0 Å². The van der Waals surface area contributed by atoms with E-state index in [1.807, 2.05) is 23.9 Å². The average Bonchev–Trinajstić information content (AvgIpc) is 3.02. The molecule has 1 aromatic heterocycles. The van der Waals surface area contributed by atoms with E-state index in [4.69, 9.17) is 0 Å². The standard InChI is InChI=1S/C22H26N4/c1-22(2,3)19-14-15-10-6-7-11-16(15)20-21(26(24-23-20)25(4)5)18-13-9-8-12-17(18)19/h6-13,19H,14H2,1-5H3. The van der Waals surface area contributed by atoms with Crippen LogP contribution in [0.15, 0.2) is 48.5 Å². The molecule has 0 radical (unpaired) electrons. The fourth-order valence-corrected chi connectivity index (χ4v) is 4.02. The number of nitrogens with zero attached hydrogens (tertiary/aromatic N) is 4. The Morgan fingerprint density at radius 2 is 1.62 bits per heavy atom. The van der Waals surface area contributed by atoms with Crippen molar-refractivity contribution in [2.24, 2.45) is 5.41 Å². The molecule has 26 heavy (non-hydrogen) atoms. The van der Waals surface area contributed by atoms with Gasteiger partial charge >= 0.3 is 0 Å². The van der Waals surface area contributed by atoms with E-state index < -0.39 is 0 Å². The first-order valence-electron chi connectivity index (χ1n) is 9.19. The molecule has 4 nitrogen and oxygen atoms in total. The molecule has 2 aromatic carbocycles. The largest absolute Gasteiger partial charge is 0.301 e. The summed E-state index contributed by atoms with van der Waals surface area (Å²) >= 11 is 0. The third kappa shape index (κ3) is 2.61. The van der Waals surface area contributed by atoms with Crippen molar-refractivity contribution >= 4 is 0 Å². The average molecular weight is 346 g/mol. The van der Waals surface area contributed by atoms with Gasteiger partial charge in [-0.3, -0.25) is 0 Å². The fraction of sp³-hybridized carbons (Fsp3) is 0.364. The van der Waals surface area contributed by atoms with E-state index in [2.05, 4.69) is 79.6 Å². The van der Waals surface area contributed by atoms with E-state index >= 15 is 0 Å². The van der Waals surface area contributed by atoms with Crippen LogP contribution in [0.1, 0.15) is 37.8 Å². The van der Waals surface area contributed by atoms with Crippen LogP contribution < -0.4 is 5.01 Å². The van der Waals surface area contributed by atoms with Gasteiger partial charge < -0.3 is 5.01 Å². The summed E-state index contributed by atoms with van der Waals surface area (Å²) in [4.78, 5) is 1.91. The van der Waals surface area contributed by atoms with E-state index in [1.165, 1.54) is 22.3 Å². The lowest BCUT2D eigenvalue weighted by Gasteiger charge is -2.35. The third-order valence-electron chi connectivity index (χ3n) is 5.37. The summed E-state index contributed by atoms with van der Waals surface area (Å²) in [7, 11) is 4.01. The molecule has 0 saturated carbocycles. The lowest BCUT2D eigenvalue weighted by atomic mass is 9.70. The van der Waals surface area contributed by atoms with Gasteiger partial charge in [0.2, 0.25) is 0 Å². The van der Waals surface area contributed by atoms with Gasteiger partial charge in [-0.2, -0.15) is 4.79 Å². The molecule has 4 heteroatoms. The summed E-state index contributed by atoms with van der Waals surface area (Å²) in [6.07, 6.45) is 1.00. The minimum Gasteiger partial charge on any atom is -0.301 e. The third-order valence-corrected chi connectivity index (χ3v) is 5.37. The van der Waals surface area contributed by atoms with Crippen molar-refractivity contribution in [3.8, 4) is 22.5 Å². The van der Waals surface area contributed by atoms with Gasteiger partial charge in [0.1, 0.15) is 11.4 Å². The number of fused-ring (bicyclic) bond motifs is 5. The second-order valence-corrected chi connectivity index (χ2v) is 8.39. The summed E-state index contributed by atoms with van der Waals surface area (Å²) in [6.45, 7) is 7.00. The van der Waals surface area contributed by atoms with E-state index in [1.54, 1.807) is 0 Å². The maximum atomic E-state index is 4.58. The van der Waals surface area contributed by atoms with E-state index in [-0.39, 0.29) is 5.41 Å². The second kappa shape index (κ2) is 5.97. The Kier molecular flexibility index (Phi) is 3.87. The van der Waals surface area contributed by atoms with Gasteiger partial charge in [0.15, 0.2) is 0 Å². The van der Waals surface area contributed by atoms with E-state index in [9.17, 15) is 0 Å². The van der Waals surface area contributed by atoms with Gasteiger partial charge in [0.05, 0.1) is 0 Å². The number of aromatic nitrogens is 3. The highest BCUT2D eigenvalue weighted by Crippen LogP contribution is 2.46. The van der Waals surface area contributed by atoms with Gasteiger partial charge in [0, 0.05) is 25.2 Å². The van der Waals surface area contributed by atoms with Crippen molar-refractivity contribution in [2.75, 3.05) is 19.1 Å². The van der Waals surface area contributed by atoms with Crippen molar-refractivity contribution in [3.63, 3.8) is 0 Å². The normalized spacial score (nSPS) is 16.1. The van der Waals surface area contributed by atoms with Crippen LogP contribution in [0.4, 0.5) is 0 Å². The highest BCUT2D eigenvalue weighted by molar-refractivity contribution is 5.82. The number of benzene rings is 2. The fourth-order valence-electron chi connectivity index (χ4n) is 4.02. The van der Waals surface area contributed by atoms with Crippen LogP contribution in [0, 0.1) is 5.41 Å². The Bertz CT molecular complexity index is 947. The maximum Gasteiger partial charge on any atom is 0.123 e. The lowest BCUT2D eigenvalue weighted by Crippen LogP contribution is -2.28. The zero-order valence-electron chi connectivity index (χ0n) is 16.2. The topological polar surface area (TPSA) is 34.0 Å². The lowest BCUT2D eigenvalue weighted by molar-refractivity contribution is 0.318. The van der Waals surface area contributed by atoms with Gasteiger partial charge in [0.25, 0.3) is 0 Å². The second-order valence-electron chi connectivity index (χ2n) is 8.39. The molecule has 1 heterocycles. The molecule has 1 atom stereocenters. The Hall–Kier alpha value is -2.62. The van der Waals surface area contributed by atoms with Crippen LogP contribution in [0.5, 0.6) is 0 Å². The minimum absolute atomic E-state index is 0.150. The Morgan fingerprint density at radius 3 is 2.31 bits per heavy atom. The summed E-state index contributed by atoms with van der Waals surface area (Å²) in [5, 5.41) is 11.0. The van der Waals surface area contributed by atoms with E-state index in [0.717, 1.165) is 17.8 Å².